The maximum Gasteiger partial charge on any atom is 0.339 e. The minimum atomic E-state index is -0.435. The minimum absolute atomic E-state index is 0.326. The Morgan fingerprint density at radius 3 is 1.39 bits per heavy atom. The van der Waals surface area contributed by atoms with Crippen molar-refractivity contribution in [3.63, 3.8) is 0 Å². The van der Waals surface area contributed by atoms with Gasteiger partial charge in [-0.2, -0.15) is 0 Å². The van der Waals surface area contributed by atoms with Crippen LogP contribution in [0, 0.1) is 11.8 Å². The molecule has 0 radical (unpaired) electrons. The summed E-state index contributed by atoms with van der Waals surface area (Å²) in [6, 6.07) is 3.63. The van der Waals surface area contributed by atoms with Gasteiger partial charge in [0.1, 0.15) is 0 Å². The Labute approximate surface area is 171 Å². The van der Waals surface area contributed by atoms with E-state index in [1.54, 1.807) is 0 Å². The molecule has 28 heavy (non-hydrogen) atoms. The number of esters is 2. The zero-order valence-electron chi connectivity index (χ0n) is 18.6. The fourth-order valence-electron chi connectivity index (χ4n) is 3.15. The van der Waals surface area contributed by atoms with Crippen molar-refractivity contribution in [2.24, 2.45) is 11.8 Å². The van der Waals surface area contributed by atoms with E-state index in [1.165, 1.54) is 0 Å². The molecule has 1 rings (SSSR count). The lowest BCUT2D eigenvalue weighted by Crippen LogP contribution is -2.17. The van der Waals surface area contributed by atoms with Crippen LogP contribution in [-0.4, -0.2) is 25.2 Å². The molecule has 158 valence electrons. The predicted molar refractivity (Wildman–Crippen MR) is 114 cm³/mol. The van der Waals surface area contributed by atoms with Gasteiger partial charge in [-0.25, -0.2) is 9.59 Å². The third kappa shape index (κ3) is 8.04. The van der Waals surface area contributed by atoms with Crippen molar-refractivity contribution in [2.75, 3.05) is 13.2 Å². The molecule has 0 amide bonds. The second-order valence-corrected chi connectivity index (χ2v) is 8.22. The maximum atomic E-state index is 12.7. The van der Waals surface area contributed by atoms with Crippen LogP contribution in [0.2, 0.25) is 0 Å². The van der Waals surface area contributed by atoms with Gasteiger partial charge in [0.15, 0.2) is 0 Å². The Morgan fingerprint density at radius 2 is 1.11 bits per heavy atom. The number of benzene rings is 1. The number of aryl methyl sites for hydroxylation is 2. The standard InChI is InChI=1S/C24H38O4/c1-7-19-15-21(23(25)27-13-9-11-17(3)4)22(16-20(19)8-2)24(26)28-14-10-12-18(5)6/h15-18H,7-14H2,1-6H3. The van der Waals surface area contributed by atoms with Crippen LogP contribution in [0.3, 0.4) is 0 Å². The molecule has 0 aliphatic carbocycles. The van der Waals surface area contributed by atoms with Crippen LogP contribution >= 0.6 is 0 Å². The van der Waals surface area contributed by atoms with Crippen molar-refractivity contribution in [3.05, 3.63) is 34.4 Å². The van der Waals surface area contributed by atoms with Crippen LogP contribution in [0.4, 0.5) is 0 Å². The van der Waals surface area contributed by atoms with Crippen molar-refractivity contribution < 1.29 is 19.1 Å². The molecule has 0 spiro atoms. The first kappa shape index (κ1) is 24.2. The lowest BCUT2D eigenvalue weighted by Gasteiger charge is -2.15. The van der Waals surface area contributed by atoms with Crippen LogP contribution in [0.5, 0.6) is 0 Å². The molecular weight excluding hydrogens is 352 g/mol. The normalized spacial score (nSPS) is 11.1. The minimum Gasteiger partial charge on any atom is -0.462 e. The van der Waals surface area contributed by atoms with E-state index < -0.39 is 11.9 Å². The molecule has 4 heteroatoms. The van der Waals surface area contributed by atoms with Crippen molar-refractivity contribution in [2.45, 2.75) is 80.1 Å². The summed E-state index contributed by atoms with van der Waals surface area (Å²) >= 11 is 0. The second-order valence-electron chi connectivity index (χ2n) is 8.22. The molecule has 4 nitrogen and oxygen atoms in total. The molecule has 0 saturated heterocycles. The number of hydrogen-bond acceptors (Lipinski definition) is 4. The lowest BCUT2D eigenvalue weighted by molar-refractivity contribution is 0.0447. The Bertz CT molecular complexity index is 577. The summed E-state index contributed by atoms with van der Waals surface area (Å²) in [6.07, 6.45) is 5.28. The molecule has 0 aromatic heterocycles. The van der Waals surface area contributed by atoms with E-state index in [9.17, 15) is 9.59 Å². The number of hydrogen-bond donors (Lipinski definition) is 0. The molecular formula is C24H38O4. The Morgan fingerprint density at radius 1 is 0.750 bits per heavy atom. The maximum absolute atomic E-state index is 12.7. The van der Waals surface area contributed by atoms with Crippen molar-refractivity contribution in [1.29, 1.82) is 0 Å². The van der Waals surface area contributed by atoms with Gasteiger partial charge in [-0.15, -0.1) is 0 Å². The summed E-state index contributed by atoms with van der Waals surface area (Å²) in [6.45, 7) is 13.4. The highest BCUT2D eigenvalue weighted by atomic mass is 16.5. The van der Waals surface area contributed by atoms with E-state index in [0.29, 0.717) is 36.2 Å². The summed E-state index contributed by atoms with van der Waals surface area (Å²) in [5.74, 6) is 0.279. The Balaban J connectivity index is 2.95. The van der Waals surface area contributed by atoms with E-state index in [2.05, 4.69) is 41.5 Å². The van der Waals surface area contributed by atoms with E-state index >= 15 is 0 Å². The van der Waals surface area contributed by atoms with E-state index in [0.717, 1.165) is 49.7 Å². The van der Waals surface area contributed by atoms with Gasteiger partial charge in [-0.05, 0) is 73.6 Å². The first-order valence-electron chi connectivity index (χ1n) is 10.8. The number of carbonyl (C=O) groups is 2. The number of rotatable bonds is 12. The molecule has 0 N–H and O–H groups in total. The average molecular weight is 391 g/mol. The second kappa shape index (κ2) is 12.6. The monoisotopic (exact) mass is 390 g/mol. The van der Waals surface area contributed by atoms with E-state index in [-0.39, 0.29) is 0 Å². The molecule has 0 atom stereocenters. The van der Waals surface area contributed by atoms with Gasteiger partial charge >= 0.3 is 11.9 Å². The predicted octanol–water partition coefficient (Wildman–Crippen LogP) is 6.00. The smallest absolute Gasteiger partial charge is 0.339 e. The summed E-state index contributed by atoms with van der Waals surface area (Å²) in [7, 11) is 0. The molecule has 1 aromatic rings. The Hall–Kier alpha value is -1.84. The molecule has 0 aliphatic heterocycles. The highest BCUT2D eigenvalue weighted by Crippen LogP contribution is 2.21. The summed E-state index contributed by atoms with van der Waals surface area (Å²) in [5, 5.41) is 0. The van der Waals surface area contributed by atoms with Gasteiger partial charge in [-0.3, -0.25) is 0 Å². The molecule has 0 aliphatic rings. The molecule has 0 unspecified atom stereocenters. The zero-order valence-corrected chi connectivity index (χ0v) is 18.6. The SMILES string of the molecule is CCc1cc(C(=O)OCCCC(C)C)c(C(=O)OCCCC(C)C)cc1CC. The fourth-order valence-corrected chi connectivity index (χ4v) is 3.15. The van der Waals surface area contributed by atoms with Gasteiger partial charge in [-0.1, -0.05) is 41.5 Å². The molecule has 0 saturated carbocycles. The zero-order chi connectivity index (χ0) is 21.1. The van der Waals surface area contributed by atoms with Gasteiger partial charge < -0.3 is 9.47 Å². The van der Waals surface area contributed by atoms with E-state index in [1.807, 2.05) is 12.1 Å². The summed E-state index contributed by atoms with van der Waals surface area (Å²) < 4.78 is 10.9. The Kier molecular flexibility index (Phi) is 10.9. The van der Waals surface area contributed by atoms with Crippen molar-refractivity contribution in [3.8, 4) is 0 Å². The lowest BCUT2D eigenvalue weighted by atomic mass is 9.95. The number of ether oxygens (including phenoxy) is 2. The molecule has 0 fully saturated rings. The molecule has 0 bridgehead atoms. The third-order valence-electron chi connectivity index (χ3n) is 4.86. The van der Waals surface area contributed by atoms with Crippen molar-refractivity contribution >= 4 is 11.9 Å². The van der Waals surface area contributed by atoms with Gasteiger partial charge in [0.25, 0.3) is 0 Å². The van der Waals surface area contributed by atoms with Crippen LogP contribution in [0.25, 0.3) is 0 Å². The first-order chi connectivity index (χ1) is 13.3. The quantitative estimate of drug-likeness (QED) is 0.324. The van der Waals surface area contributed by atoms with Crippen LogP contribution < -0.4 is 0 Å². The van der Waals surface area contributed by atoms with Gasteiger partial charge in [0.2, 0.25) is 0 Å². The van der Waals surface area contributed by atoms with Crippen LogP contribution in [-0.2, 0) is 22.3 Å². The molecule has 1 aromatic carbocycles. The van der Waals surface area contributed by atoms with Crippen LogP contribution in [0.1, 0.15) is 99.1 Å². The summed E-state index contributed by atoms with van der Waals surface area (Å²) in [5.41, 5.74) is 2.81. The van der Waals surface area contributed by atoms with E-state index in [4.69, 9.17) is 9.47 Å². The average Bonchev–Trinajstić information content (AvgIpc) is 2.66. The van der Waals surface area contributed by atoms with Crippen molar-refractivity contribution in [1.82, 2.24) is 0 Å². The highest BCUT2D eigenvalue weighted by molar-refractivity contribution is 6.03. The van der Waals surface area contributed by atoms with Gasteiger partial charge in [0.05, 0.1) is 24.3 Å². The number of carbonyl (C=O) groups excluding carboxylic acids is 2. The first-order valence-corrected chi connectivity index (χ1v) is 10.8. The molecule has 0 heterocycles. The fraction of sp³-hybridized carbons (Fsp3) is 0.667. The topological polar surface area (TPSA) is 52.6 Å². The highest BCUT2D eigenvalue weighted by Gasteiger charge is 2.22. The van der Waals surface area contributed by atoms with Gasteiger partial charge in [0, 0.05) is 0 Å². The summed E-state index contributed by atoms with van der Waals surface area (Å²) in [4.78, 5) is 25.3. The van der Waals surface area contributed by atoms with Crippen LogP contribution in [0.15, 0.2) is 12.1 Å². The third-order valence-corrected chi connectivity index (χ3v) is 4.86. The largest absolute Gasteiger partial charge is 0.462 e.